The van der Waals surface area contributed by atoms with Crippen LogP contribution in [0.5, 0.6) is 0 Å². The zero-order valence-corrected chi connectivity index (χ0v) is 20.8. The topological polar surface area (TPSA) is 107 Å². The molecule has 35 heavy (non-hydrogen) atoms. The minimum Gasteiger partial charge on any atom is -0.475 e. The molecule has 3 rings (SSSR count). The van der Waals surface area contributed by atoms with Crippen molar-refractivity contribution in [2.24, 2.45) is 0 Å². The van der Waals surface area contributed by atoms with Gasteiger partial charge in [-0.05, 0) is 25.0 Å². The largest absolute Gasteiger partial charge is 0.490 e. The maximum Gasteiger partial charge on any atom is 0.490 e. The number of hydrogen-bond acceptors (Lipinski definition) is 5. The van der Waals surface area contributed by atoms with Crippen LogP contribution in [-0.2, 0) is 14.8 Å². The highest BCUT2D eigenvalue weighted by Crippen LogP contribution is 2.26. The van der Waals surface area contributed by atoms with E-state index >= 15 is 0 Å². The van der Waals surface area contributed by atoms with E-state index in [1.807, 2.05) is 0 Å². The number of piperazine rings is 1. The van der Waals surface area contributed by atoms with Crippen LogP contribution < -0.4 is 5.32 Å². The second kappa shape index (κ2) is 13.4. The van der Waals surface area contributed by atoms with Crippen LogP contribution in [0.4, 0.5) is 13.2 Å². The van der Waals surface area contributed by atoms with Gasteiger partial charge in [-0.25, -0.2) is 13.2 Å². The minimum absolute atomic E-state index is 0.0420. The van der Waals surface area contributed by atoms with Crippen LogP contribution in [0.25, 0.3) is 0 Å². The number of nitrogens with zero attached hydrogens (tertiary/aromatic N) is 2. The molecule has 2 aliphatic rings. The van der Waals surface area contributed by atoms with Gasteiger partial charge in [0.15, 0.2) is 0 Å². The third kappa shape index (κ3) is 9.25. The Bertz CT molecular complexity index is 948. The number of alkyl halides is 3. The van der Waals surface area contributed by atoms with E-state index in [1.165, 1.54) is 17.1 Å². The van der Waals surface area contributed by atoms with Gasteiger partial charge in [0.1, 0.15) is 0 Å². The molecule has 0 spiro atoms. The van der Waals surface area contributed by atoms with E-state index < -0.39 is 22.2 Å². The van der Waals surface area contributed by atoms with Gasteiger partial charge in [-0.3, -0.25) is 4.79 Å². The Kier molecular flexibility index (Phi) is 11.3. The number of carbonyl (C=O) groups is 2. The van der Waals surface area contributed by atoms with Crippen molar-refractivity contribution in [3.63, 3.8) is 0 Å². The Balaban J connectivity index is 0.000000540. The Morgan fingerprint density at radius 2 is 1.63 bits per heavy atom. The monoisotopic (exact) mass is 541 g/mol. The lowest BCUT2D eigenvalue weighted by Gasteiger charge is -2.33. The molecule has 1 heterocycles. The molecule has 198 valence electrons. The molecule has 1 saturated carbocycles. The molecule has 1 amide bonds. The van der Waals surface area contributed by atoms with Gasteiger partial charge >= 0.3 is 12.1 Å². The lowest BCUT2D eigenvalue weighted by atomic mass is 10.1. The summed E-state index contributed by atoms with van der Waals surface area (Å²) in [7, 11) is -3.39. The number of hydrogen-bond donors (Lipinski definition) is 2. The van der Waals surface area contributed by atoms with E-state index in [4.69, 9.17) is 21.5 Å². The predicted octanol–water partition coefficient (Wildman–Crippen LogP) is 3.37. The summed E-state index contributed by atoms with van der Waals surface area (Å²) in [5, 5.41) is 10.7. The summed E-state index contributed by atoms with van der Waals surface area (Å²) in [4.78, 5) is 24.0. The zero-order valence-electron chi connectivity index (χ0n) is 19.3. The molecule has 1 aliphatic carbocycles. The summed E-state index contributed by atoms with van der Waals surface area (Å²) in [5.41, 5.74) is 0.452. The zero-order chi connectivity index (χ0) is 26.1. The third-order valence-corrected chi connectivity index (χ3v) is 8.11. The molecule has 1 saturated heterocycles. The second-order valence-corrected chi connectivity index (χ2v) is 10.9. The number of carboxylic acids is 1. The molecule has 2 fully saturated rings. The van der Waals surface area contributed by atoms with Crippen LogP contribution >= 0.6 is 11.6 Å². The first kappa shape index (κ1) is 29.3. The average Bonchev–Trinajstić information content (AvgIpc) is 3.09. The number of sulfonamides is 1. The van der Waals surface area contributed by atoms with Gasteiger partial charge in [-0.2, -0.15) is 17.5 Å². The lowest BCUT2D eigenvalue weighted by molar-refractivity contribution is -0.192. The number of rotatable bonds is 6. The average molecular weight is 542 g/mol. The number of carboxylic acid groups (broad SMARTS) is 1. The Labute approximate surface area is 208 Å². The number of amides is 1. The Morgan fingerprint density at radius 3 is 2.14 bits per heavy atom. The molecule has 13 heteroatoms. The van der Waals surface area contributed by atoms with Gasteiger partial charge in [-0.1, -0.05) is 49.4 Å². The summed E-state index contributed by atoms with van der Waals surface area (Å²) < 4.78 is 58.9. The summed E-state index contributed by atoms with van der Waals surface area (Å²) in [6.45, 7) is 2.53. The minimum atomic E-state index is -5.08. The number of aliphatic carboxylic acids is 1. The molecule has 1 aromatic rings. The molecule has 2 N–H and O–H groups in total. The summed E-state index contributed by atoms with van der Waals surface area (Å²) in [6.07, 6.45) is 1.24. The van der Waals surface area contributed by atoms with Crippen molar-refractivity contribution in [3.8, 4) is 0 Å². The van der Waals surface area contributed by atoms with Gasteiger partial charge in [0.25, 0.3) is 5.91 Å². The van der Waals surface area contributed by atoms with Crippen LogP contribution in [0.15, 0.2) is 24.3 Å². The quantitative estimate of drug-likeness (QED) is 0.535. The molecule has 1 aromatic carbocycles. The second-order valence-electron chi connectivity index (χ2n) is 8.39. The number of carbonyl (C=O) groups excluding carboxylic acids is 1. The SMILES string of the molecule is O=C(O)C(F)(F)F.O=C(c1ccccc1Cl)N(CCS(=O)(=O)N1CCNCC1)C1CCCCCC1. The van der Waals surface area contributed by atoms with Crippen LogP contribution in [0.2, 0.25) is 5.02 Å². The van der Waals surface area contributed by atoms with Crippen LogP contribution in [0, 0.1) is 0 Å². The van der Waals surface area contributed by atoms with E-state index in [2.05, 4.69) is 5.32 Å². The summed E-state index contributed by atoms with van der Waals surface area (Å²) >= 11 is 6.27. The molecule has 0 unspecified atom stereocenters. The predicted molar refractivity (Wildman–Crippen MR) is 126 cm³/mol. The van der Waals surface area contributed by atoms with Gasteiger partial charge in [-0.15, -0.1) is 0 Å². The highest BCUT2D eigenvalue weighted by molar-refractivity contribution is 7.89. The fraction of sp³-hybridized carbons (Fsp3) is 0.636. The van der Waals surface area contributed by atoms with Crippen molar-refractivity contribution in [1.29, 1.82) is 0 Å². The van der Waals surface area contributed by atoms with Crippen molar-refractivity contribution in [3.05, 3.63) is 34.9 Å². The number of halogens is 4. The van der Waals surface area contributed by atoms with Gasteiger partial charge in [0.05, 0.1) is 16.3 Å². The lowest BCUT2D eigenvalue weighted by Crippen LogP contribution is -2.49. The van der Waals surface area contributed by atoms with Crippen molar-refractivity contribution in [2.75, 3.05) is 38.5 Å². The first-order valence-corrected chi connectivity index (χ1v) is 13.5. The van der Waals surface area contributed by atoms with Crippen molar-refractivity contribution >= 4 is 33.5 Å². The Morgan fingerprint density at radius 1 is 1.09 bits per heavy atom. The molecular formula is C22H31ClF3N3O5S. The summed E-state index contributed by atoms with van der Waals surface area (Å²) in [5.74, 6) is -2.96. The van der Waals surface area contributed by atoms with Crippen LogP contribution in [0.1, 0.15) is 48.9 Å². The Hall–Kier alpha value is -1.89. The van der Waals surface area contributed by atoms with E-state index in [9.17, 15) is 26.4 Å². The summed E-state index contributed by atoms with van der Waals surface area (Å²) in [6, 6.07) is 7.09. The highest BCUT2D eigenvalue weighted by atomic mass is 35.5. The molecule has 0 aromatic heterocycles. The third-order valence-electron chi connectivity index (χ3n) is 5.93. The van der Waals surface area contributed by atoms with E-state index in [0.29, 0.717) is 36.8 Å². The van der Waals surface area contributed by atoms with Crippen molar-refractivity contribution in [1.82, 2.24) is 14.5 Å². The van der Waals surface area contributed by atoms with Crippen molar-refractivity contribution in [2.45, 2.75) is 50.7 Å². The van der Waals surface area contributed by atoms with Crippen LogP contribution in [-0.4, -0.2) is 85.3 Å². The maximum atomic E-state index is 13.3. The molecular weight excluding hydrogens is 511 g/mol. The normalized spacial score (nSPS) is 18.2. The van der Waals surface area contributed by atoms with E-state index in [0.717, 1.165) is 25.7 Å². The first-order chi connectivity index (χ1) is 16.4. The molecule has 0 radical (unpaired) electrons. The fourth-order valence-corrected chi connectivity index (χ4v) is 5.72. The van der Waals surface area contributed by atoms with Gasteiger partial charge < -0.3 is 15.3 Å². The molecule has 0 atom stereocenters. The van der Waals surface area contributed by atoms with Crippen molar-refractivity contribution < 1.29 is 36.3 Å². The standard InChI is InChI=1S/C20H30ClN3O3S.C2HF3O2/c21-19-10-6-5-9-18(19)20(25)24(17-7-3-1-2-4-8-17)15-16-28(26,27)23-13-11-22-12-14-23;3-2(4,5)1(6)7/h5-6,9-10,17,22H,1-4,7-8,11-16H2;(H,6,7). The fourth-order valence-electron chi connectivity index (χ4n) is 4.07. The van der Waals surface area contributed by atoms with E-state index in [1.54, 1.807) is 29.2 Å². The van der Waals surface area contributed by atoms with Gasteiger partial charge in [0, 0.05) is 38.8 Å². The number of nitrogens with one attached hydrogen (secondary N) is 1. The molecule has 1 aliphatic heterocycles. The smallest absolute Gasteiger partial charge is 0.475 e. The van der Waals surface area contributed by atoms with E-state index in [-0.39, 0.29) is 24.2 Å². The first-order valence-electron chi connectivity index (χ1n) is 11.5. The molecule has 8 nitrogen and oxygen atoms in total. The maximum absolute atomic E-state index is 13.3. The van der Waals surface area contributed by atoms with Crippen LogP contribution in [0.3, 0.4) is 0 Å². The number of benzene rings is 1. The highest BCUT2D eigenvalue weighted by Gasteiger charge is 2.38. The van der Waals surface area contributed by atoms with Gasteiger partial charge in [0.2, 0.25) is 10.0 Å². The molecule has 0 bridgehead atoms.